The van der Waals surface area contributed by atoms with Crippen LogP contribution >= 0.6 is 0 Å². The van der Waals surface area contributed by atoms with Gasteiger partial charge in [-0.25, -0.2) is 0 Å². The number of nitrogens with zero attached hydrogens (tertiary/aromatic N) is 3. The molecule has 0 bridgehead atoms. The van der Waals surface area contributed by atoms with Gasteiger partial charge in [-0.15, -0.1) is 11.4 Å². The average molecular weight is 827 g/mol. The molecule has 3 atom stereocenters. The maximum Gasteiger partial charge on any atom is 0.0991 e. The zero-order chi connectivity index (χ0) is 43.1. The number of hydrogen-bond acceptors (Lipinski definition) is 1. The highest BCUT2D eigenvalue weighted by molar-refractivity contribution is 6.12. The van der Waals surface area contributed by atoms with Crippen LogP contribution in [-0.2, 0) is 5.41 Å². The molecular weight excluding hydrogens is 787 g/mol. The minimum absolute atomic E-state index is 0.277. The van der Waals surface area contributed by atoms with E-state index in [0.29, 0.717) is 11.5 Å². The van der Waals surface area contributed by atoms with E-state index < -0.39 is 0 Å². The van der Waals surface area contributed by atoms with E-state index in [1.807, 2.05) is 42.5 Å². The smallest absolute Gasteiger partial charge is 0.0991 e. The second kappa shape index (κ2) is 14.6. The van der Waals surface area contributed by atoms with Crippen LogP contribution in [0.1, 0.15) is 33.7 Å². The molecule has 0 saturated carbocycles. The van der Waals surface area contributed by atoms with Gasteiger partial charge in [-0.05, 0) is 127 Å². The van der Waals surface area contributed by atoms with Crippen molar-refractivity contribution in [3.8, 4) is 56.3 Å². The normalized spacial score (nSPS) is 17.5. The Morgan fingerprint density at radius 2 is 1.08 bits per heavy atom. The molecular formula is C62H40N3-. The SMILES string of the molecule is N#Cc1ccc(-n2c3ccc(-c4cccc(-c5ccccc5[N-]c5ccccc5)c4)cc3c3cc(-c4ccc5c(c4)C4(c6ccccc6-5)c5ccccc5C5C=CC=CC54)ccc32)cc1. The highest BCUT2D eigenvalue weighted by atomic mass is 15.0. The minimum Gasteiger partial charge on any atom is -0.657 e. The molecule has 3 heteroatoms. The molecule has 1 aromatic heterocycles. The number of hydrogen-bond donors (Lipinski definition) is 0. The van der Waals surface area contributed by atoms with Crippen molar-refractivity contribution < 1.29 is 0 Å². The molecule has 1 spiro atoms. The lowest BCUT2D eigenvalue weighted by Gasteiger charge is -2.36. The first-order valence-electron chi connectivity index (χ1n) is 22.4. The topological polar surface area (TPSA) is 42.8 Å². The molecule has 1 heterocycles. The van der Waals surface area contributed by atoms with Crippen molar-refractivity contribution in [1.29, 1.82) is 5.26 Å². The van der Waals surface area contributed by atoms with Gasteiger partial charge in [-0.3, -0.25) is 0 Å². The molecule has 0 saturated heterocycles. The predicted octanol–water partition coefficient (Wildman–Crippen LogP) is 16.1. The third-order valence-electron chi connectivity index (χ3n) is 14.2. The third-order valence-corrected chi connectivity index (χ3v) is 14.2. The fourth-order valence-electron chi connectivity index (χ4n) is 11.5. The molecule has 3 aliphatic rings. The highest BCUT2D eigenvalue weighted by Crippen LogP contribution is 2.65. The average Bonchev–Trinajstić information content (AvgIpc) is 3.98. The second-order valence-corrected chi connectivity index (χ2v) is 17.5. The molecule has 0 aliphatic heterocycles. The van der Waals surface area contributed by atoms with Gasteiger partial charge in [0.15, 0.2) is 0 Å². The van der Waals surface area contributed by atoms with Crippen molar-refractivity contribution in [2.75, 3.05) is 0 Å². The summed E-state index contributed by atoms with van der Waals surface area (Å²) >= 11 is 0. The van der Waals surface area contributed by atoms with Gasteiger partial charge in [0.2, 0.25) is 0 Å². The fraction of sp³-hybridized carbons (Fsp3) is 0.0484. The fourth-order valence-corrected chi connectivity index (χ4v) is 11.5. The lowest BCUT2D eigenvalue weighted by molar-refractivity contribution is 0.465. The Hall–Kier alpha value is -8.45. The molecule has 9 aromatic carbocycles. The van der Waals surface area contributed by atoms with Crippen LogP contribution in [-0.4, -0.2) is 4.57 Å². The number of allylic oxidation sites excluding steroid dienone is 4. The van der Waals surface area contributed by atoms with E-state index in [2.05, 4.69) is 199 Å². The molecule has 10 aromatic rings. The van der Waals surface area contributed by atoms with Gasteiger partial charge in [-0.2, -0.15) is 5.26 Å². The van der Waals surface area contributed by atoms with Crippen molar-refractivity contribution >= 4 is 33.2 Å². The molecule has 0 N–H and O–H groups in total. The minimum atomic E-state index is -0.292. The summed E-state index contributed by atoms with van der Waals surface area (Å²) in [7, 11) is 0. The number of para-hydroxylation sites is 2. The van der Waals surface area contributed by atoms with E-state index in [4.69, 9.17) is 5.32 Å². The molecule has 0 fully saturated rings. The van der Waals surface area contributed by atoms with E-state index in [0.717, 1.165) is 50.3 Å². The summed E-state index contributed by atoms with van der Waals surface area (Å²) < 4.78 is 2.34. The largest absolute Gasteiger partial charge is 0.657 e. The van der Waals surface area contributed by atoms with Crippen molar-refractivity contribution in [2.24, 2.45) is 5.92 Å². The lowest BCUT2D eigenvalue weighted by atomic mass is 9.65. The van der Waals surface area contributed by atoms with Gasteiger partial charge in [0, 0.05) is 28.3 Å². The Balaban J connectivity index is 0.974. The number of rotatable bonds is 6. The molecule has 304 valence electrons. The van der Waals surface area contributed by atoms with Crippen molar-refractivity contribution in [3.05, 3.63) is 264 Å². The summed E-state index contributed by atoms with van der Waals surface area (Å²) in [5, 5.41) is 17.0. The first kappa shape index (κ1) is 37.1. The second-order valence-electron chi connectivity index (χ2n) is 17.5. The Morgan fingerprint density at radius 3 is 1.86 bits per heavy atom. The molecule has 13 rings (SSSR count). The summed E-state index contributed by atoms with van der Waals surface area (Å²) in [5.41, 5.74) is 20.6. The Morgan fingerprint density at radius 1 is 0.462 bits per heavy atom. The number of benzene rings is 9. The van der Waals surface area contributed by atoms with Crippen LogP contribution in [0.5, 0.6) is 0 Å². The van der Waals surface area contributed by atoms with Gasteiger partial charge in [0.1, 0.15) is 0 Å². The standard InChI is InChI=1S/C62H40N3/c63-39-40-25-30-47(31-26-40)65-60-33-28-42(41-13-12-14-45(35-41)48-17-7-11-24-59(48)64-46-15-2-1-3-16-46)36-53(60)54-37-43(29-34-61(54)65)44-27-32-52-51-20-6-10-23-57(51)62(58(52)38-44)55-21-8-4-18-49(55)50-19-5-9-22-56(50)62/h1-38,49,55H/q-1. The van der Waals surface area contributed by atoms with Crippen molar-refractivity contribution in [1.82, 2.24) is 4.57 Å². The molecule has 65 heavy (non-hydrogen) atoms. The van der Waals surface area contributed by atoms with E-state index >= 15 is 0 Å². The van der Waals surface area contributed by atoms with Crippen LogP contribution in [0.3, 0.4) is 0 Å². The van der Waals surface area contributed by atoms with Crippen LogP contribution in [0.2, 0.25) is 0 Å². The summed E-state index contributed by atoms with van der Waals surface area (Å²) in [6, 6.07) is 76.8. The third kappa shape index (κ3) is 5.61. The van der Waals surface area contributed by atoms with E-state index in [1.165, 1.54) is 55.3 Å². The van der Waals surface area contributed by atoms with Gasteiger partial charge < -0.3 is 9.88 Å². The first-order chi connectivity index (χ1) is 32.2. The quantitative estimate of drug-likeness (QED) is 0.165. The van der Waals surface area contributed by atoms with Crippen LogP contribution in [0.25, 0.3) is 77.3 Å². The summed E-state index contributed by atoms with van der Waals surface area (Å²) in [6.07, 6.45) is 9.34. The molecule has 3 nitrogen and oxygen atoms in total. The summed E-state index contributed by atoms with van der Waals surface area (Å²) in [6.45, 7) is 0. The summed E-state index contributed by atoms with van der Waals surface area (Å²) in [5.74, 6) is 0.594. The number of fused-ring (bicyclic) bond motifs is 13. The molecule has 0 amide bonds. The van der Waals surface area contributed by atoms with Crippen LogP contribution in [0.15, 0.2) is 231 Å². The van der Waals surface area contributed by atoms with Crippen molar-refractivity contribution in [3.63, 3.8) is 0 Å². The Kier molecular flexibility index (Phi) is 8.32. The lowest BCUT2D eigenvalue weighted by Crippen LogP contribution is -2.32. The van der Waals surface area contributed by atoms with Gasteiger partial charge in [-0.1, -0.05) is 170 Å². The van der Waals surface area contributed by atoms with Gasteiger partial charge >= 0.3 is 0 Å². The Labute approximate surface area is 378 Å². The van der Waals surface area contributed by atoms with Crippen LogP contribution in [0, 0.1) is 17.2 Å². The van der Waals surface area contributed by atoms with E-state index in [1.54, 1.807) is 0 Å². The van der Waals surface area contributed by atoms with Crippen LogP contribution < -0.4 is 0 Å². The van der Waals surface area contributed by atoms with Crippen LogP contribution in [0.4, 0.5) is 11.4 Å². The summed E-state index contributed by atoms with van der Waals surface area (Å²) in [4.78, 5) is 0. The first-order valence-corrected chi connectivity index (χ1v) is 22.4. The van der Waals surface area contributed by atoms with Crippen molar-refractivity contribution in [2.45, 2.75) is 11.3 Å². The van der Waals surface area contributed by atoms with E-state index in [9.17, 15) is 5.26 Å². The monoisotopic (exact) mass is 826 g/mol. The maximum atomic E-state index is 9.67. The molecule has 0 radical (unpaired) electrons. The van der Waals surface area contributed by atoms with E-state index in [-0.39, 0.29) is 11.3 Å². The van der Waals surface area contributed by atoms with Gasteiger partial charge in [0.05, 0.1) is 28.1 Å². The maximum absolute atomic E-state index is 9.67. The number of aromatic nitrogens is 1. The predicted molar refractivity (Wildman–Crippen MR) is 267 cm³/mol. The molecule has 3 aliphatic carbocycles. The van der Waals surface area contributed by atoms with Gasteiger partial charge in [0.25, 0.3) is 0 Å². The zero-order valence-corrected chi connectivity index (χ0v) is 35.4. The number of nitriles is 1. The molecule has 3 unspecified atom stereocenters. The highest BCUT2D eigenvalue weighted by Gasteiger charge is 2.56. The zero-order valence-electron chi connectivity index (χ0n) is 35.4. The Bertz CT molecular complexity index is 3660.